The Bertz CT molecular complexity index is 1070. The molecule has 0 saturated carbocycles. The van der Waals surface area contributed by atoms with Gasteiger partial charge in [-0.1, -0.05) is 18.2 Å². The lowest BCUT2D eigenvalue weighted by Gasteiger charge is -2.28. The highest BCUT2D eigenvalue weighted by Crippen LogP contribution is 2.38. The fourth-order valence-corrected chi connectivity index (χ4v) is 3.27. The quantitative estimate of drug-likeness (QED) is 0.418. The number of alkyl halides is 6. The van der Waals surface area contributed by atoms with Crippen LogP contribution in [0.25, 0.3) is 11.1 Å². The van der Waals surface area contributed by atoms with Gasteiger partial charge in [0.25, 0.3) is 0 Å². The van der Waals surface area contributed by atoms with E-state index in [0.29, 0.717) is 17.7 Å². The van der Waals surface area contributed by atoms with E-state index in [0.717, 1.165) is 0 Å². The van der Waals surface area contributed by atoms with Crippen LogP contribution in [0.3, 0.4) is 0 Å². The van der Waals surface area contributed by atoms with Crippen molar-refractivity contribution in [3.05, 3.63) is 59.2 Å². The fourth-order valence-electron chi connectivity index (χ4n) is 3.27. The Labute approximate surface area is 205 Å². The highest BCUT2D eigenvalue weighted by Gasteiger charge is 2.37. The van der Waals surface area contributed by atoms with E-state index >= 15 is 0 Å². The molecule has 198 valence electrons. The third kappa shape index (κ3) is 9.09. The van der Waals surface area contributed by atoms with Gasteiger partial charge in [0.15, 0.2) is 0 Å². The molecule has 2 amide bonds. The Morgan fingerprint density at radius 1 is 0.806 bits per heavy atom. The molecule has 0 aliphatic rings. The predicted molar refractivity (Wildman–Crippen MR) is 122 cm³/mol. The molecule has 5 nitrogen and oxygen atoms in total. The summed E-state index contributed by atoms with van der Waals surface area (Å²) >= 11 is 0. The molecule has 2 aromatic carbocycles. The van der Waals surface area contributed by atoms with E-state index in [9.17, 15) is 35.9 Å². The highest BCUT2D eigenvalue weighted by atomic mass is 19.4. The van der Waals surface area contributed by atoms with Gasteiger partial charge in [-0.3, -0.25) is 4.79 Å². The second kappa shape index (κ2) is 10.4. The largest absolute Gasteiger partial charge is 0.444 e. The summed E-state index contributed by atoms with van der Waals surface area (Å²) in [6.45, 7) is 8.32. The molecular formula is C25H28F6N2O3. The lowest BCUT2D eigenvalue weighted by atomic mass is 9.97. The average Bonchev–Trinajstić information content (AvgIpc) is 2.68. The third-order valence-corrected chi connectivity index (χ3v) is 4.78. The van der Waals surface area contributed by atoms with E-state index in [2.05, 4.69) is 10.6 Å². The highest BCUT2D eigenvalue weighted by molar-refractivity contribution is 5.78. The average molecular weight is 518 g/mol. The van der Waals surface area contributed by atoms with Gasteiger partial charge in [-0.2, -0.15) is 26.3 Å². The summed E-state index contributed by atoms with van der Waals surface area (Å²) in [4.78, 5) is 24.4. The normalized spacial score (nSPS) is 12.8. The third-order valence-electron chi connectivity index (χ3n) is 4.78. The van der Waals surface area contributed by atoms with Crippen LogP contribution in [0, 0.1) is 0 Å². The standard InChI is InChI=1S/C25H28F6N2O3/c1-22(2,3)36-21(35)33-23(4,5)13-20(34)32-14-15-7-6-8-16(9-15)17-10-18(24(26,27)28)12-19(11-17)25(29,30)31/h6-12H,13-14H2,1-5H3,(H,32,34)(H,33,35). The molecule has 2 N–H and O–H groups in total. The SMILES string of the molecule is CC(C)(CC(=O)NCc1cccc(-c2cc(C(F)(F)F)cc(C(F)(F)F)c2)c1)NC(=O)OC(C)(C)C. The van der Waals surface area contributed by atoms with Gasteiger partial charge in [0.2, 0.25) is 5.91 Å². The molecule has 0 unspecified atom stereocenters. The number of hydrogen-bond acceptors (Lipinski definition) is 3. The molecule has 0 atom stereocenters. The van der Waals surface area contributed by atoms with Crippen LogP contribution in [0.2, 0.25) is 0 Å². The topological polar surface area (TPSA) is 67.4 Å². The molecule has 2 rings (SSSR count). The number of halogens is 6. The molecule has 0 aliphatic heterocycles. The van der Waals surface area contributed by atoms with Crippen LogP contribution in [0.4, 0.5) is 31.1 Å². The zero-order chi connectivity index (χ0) is 27.5. The van der Waals surface area contributed by atoms with Crippen molar-refractivity contribution in [2.45, 2.75) is 71.1 Å². The minimum absolute atomic E-state index is 0.0275. The molecule has 11 heteroatoms. The van der Waals surface area contributed by atoms with Crippen LogP contribution in [-0.4, -0.2) is 23.1 Å². The Hall–Kier alpha value is -3.24. The molecule has 36 heavy (non-hydrogen) atoms. The molecule has 0 aromatic heterocycles. The fraction of sp³-hybridized carbons (Fsp3) is 0.440. The molecule has 0 spiro atoms. The first-order valence-electron chi connectivity index (χ1n) is 10.9. The van der Waals surface area contributed by atoms with Crippen molar-refractivity contribution in [1.82, 2.24) is 10.6 Å². The van der Waals surface area contributed by atoms with Crippen molar-refractivity contribution in [2.24, 2.45) is 0 Å². The number of amides is 2. The van der Waals surface area contributed by atoms with E-state index < -0.39 is 46.6 Å². The van der Waals surface area contributed by atoms with Crippen LogP contribution < -0.4 is 10.6 Å². The van der Waals surface area contributed by atoms with Gasteiger partial charge in [-0.25, -0.2) is 4.79 Å². The van der Waals surface area contributed by atoms with Crippen LogP contribution in [0.5, 0.6) is 0 Å². The number of rotatable bonds is 6. The van der Waals surface area contributed by atoms with Crippen molar-refractivity contribution in [2.75, 3.05) is 0 Å². The summed E-state index contributed by atoms with van der Waals surface area (Å²) in [5, 5.41) is 5.24. The second-order valence-electron chi connectivity index (χ2n) is 9.96. The maximum absolute atomic E-state index is 13.2. The van der Waals surface area contributed by atoms with Crippen molar-refractivity contribution in [1.29, 1.82) is 0 Å². The van der Waals surface area contributed by atoms with E-state index in [1.807, 2.05) is 0 Å². The lowest BCUT2D eigenvalue weighted by molar-refractivity contribution is -0.143. The van der Waals surface area contributed by atoms with Gasteiger partial charge >= 0.3 is 18.4 Å². The summed E-state index contributed by atoms with van der Waals surface area (Å²) in [6, 6.07) is 7.20. The number of benzene rings is 2. The lowest BCUT2D eigenvalue weighted by Crippen LogP contribution is -2.48. The summed E-state index contributed by atoms with van der Waals surface area (Å²) in [7, 11) is 0. The molecule has 0 saturated heterocycles. The van der Waals surface area contributed by atoms with Gasteiger partial charge in [0.1, 0.15) is 5.60 Å². The van der Waals surface area contributed by atoms with Crippen molar-refractivity contribution < 1.29 is 40.7 Å². The summed E-state index contributed by atoms with van der Waals surface area (Å²) < 4.78 is 84.3. The van der Waals surface area contributed by atoms with E-state index in [1.54, 1.807) is 40.7 Å². The molecule has 2 aromatic rings. The number of nitrogens with one attached hydrogen (secondary N) is 2. The van der Waals surface area contributed by atoms with Gasteiger partial charge in [0, 0.05) is 18.5 Å². The first kappa shape index (κ1) is 29.0. The van der Waals surface area contributed by atoms with Gasteiger partial charge in [0.05, 0.1) is 11.1 Å². The number of carbonyl (C=O) groups is 2. The molecule has 0 bridgehead atoms. The van der Waals surface area contributed by atoms with Crippen molar-refractivity contribution in [3.8, 4) is 11.1 Å². The predicted octanol–water partition coefficient (Wildman–Crippen LogP) is 6.70. The van der Waals surface area contributed by atoms with E-state index in [4.69, 9.17) is 4.74 Å². The Morgan fingerprint density at radius 3 is 1.86 bits per heavy atom. The van der Waals surface area contributed by atoms with Gasteiger partial charge in [-0.15, -0.1) is 0 Å². The van der Waals surface area contributed by atoms with E-state index in [-0.39, 0.29) is 30.2 Å². The van der Waals surface area contributed by atoms with Crippen LogP contribution in [0.15, 0.2) is 42.5 Å². The number of ether oxygens (including phenoxy) is 1. The maximum Gasteiger partial charge on any atom is 0.416 e. The molecule has 0 heterocycles. The minimum atomic E-state index is -4.96. The Balaban J connectivity index is 2.14. The van der Waals surface area contributed by atoms with Crippen molar-refractivity contribution >= 4 is 12.0 Å². The zero-order valence-corrected chi connectivity index (χ0v) is 20.4. The van der Waals surface area contributed by atoms with Crippen molar-refractivity contribution in [3.63, 3.8) is 0 Å². The number of carbonyl (C=O) groups excluding carboxylic acids is 2. The first-order valence-corrected chi connectivity index (χ1v) is 10.9. The molecule has 0 radical (unpaired) electrons. The smallest absolute Gasteiger partial charge is 0.416 e. The van der Waals surface area contributed by atoms with Crippen LogP contribution in [0.1, 0.15) is 57.7 Å². The molecule has 0 aliphatic carbocycles. The van der Waals surface area contributed by atoms with Gasteiger partial charge in [-0.05, 0) is 75.6 Å². The van der Waals surface area contributed by atoms with E-state index in [1.165, 1.54) is 18.2 Å². The summed E-state index contributed by atoms with van der Waals surface area (Å²) in [5.74, 6) is -0.431. The second-order valence-corrected chi connectivity index (χ2v) is 9.96. The zero-order valence-electron chi connectivity index (χ0n) is 20.4. The summed E-state index contributed by atoms with van der Waals surface area (Å²) in [5.41, 5.74) is -4.15. The van der Waals surface area contributed by atoms with Crippen LogP contribution in [-0.2, 0) is 28.4 Å². The maximum atomic E-state index is 13.2. The number of alkyl carbamates (subject to hydrolysis) is 1. The first-order chi connectivity index (χ1) is 16.2. The Kier molecular flexibility index (Phi) is 8.37. The monoisotopic (exact) mass is 518 g/mol. The molecular weight excluding hydrogens is 490 g/mol. The number of hydrogen-bond donors (Lipinski definition) is 2. The van der Waals surface area contributed by atoms with Crippen LogP contribution >= 0.6 is 0 Å². The molecule has 0 fully saturated rings. The summed E-state index contributed by atoms with van der Waals surface area (Å²) in [6.07, 6.45) is -10.7. The Morgan fingerprint density at radius 2 is 1.36 bits per heavy atom. The minimum Gasteiger partial charge on any atom is -0.444 e. The van der Waals surface area contributed by atoms with Gasteiger partial charge < -0.3 is 15.4 Å².